The molecule has 6 nitrogen and oxygen atoms in total. The Bertz CT molecular complexity index is 1060. The molecule has 1 aliphatic rings. The average molecular weight is 498 g/mol. The molecule has 9 heteroatoms. The minimum absolute atomic E-state index is 0.0624. The van der Waals surface area contributed by atoms with Crippen LogP contribution in [0.2, 0.25) is 0 Å². The second-order valence-electron chi connectivity index (χ2n) is 7.15. The number of rotatable bonds is 5. The van der Waals surface area contributed by atoms with Crippen LogP contribution in [0.3, 0.4) is 0 Å². The molecule has 0 atom stereocenters. The summed E-state index contributed by atoms with van der Waals surface area (Å²) in [5.41, 5.74) is 0.348. The first-order valence-corrected chi connectivity index (χ1v) is 9.68. The van der Waals surface area contributed by atoms with Gasteiger partial charge in [0, 0.05) is 11.1 Å². The Labute approximate surface area is 173 Å². The molecule has 2 heterocycles. The van der Waals surface area contributed by atoms with Crippen LogP contribution in [0.5, 0.6) is 0 Å². The van der Waals surface area contributed by atoms with Gasteiger partial charge < -0.3 is 9.73 Å². The molecular formula is C19H17F2IN4O2. The summed E-state index contributed by atoms with van der Waals surface area (Å²) in [6.07, 6.45) is 3.39. The van der Waals surface area contributed by atoms with E-state index in [1.807, 2.05) is 0 Å². The van der Waals surface area contributed by atoms with Gasteiger partial charge in [0.1, 0.15) is 29.5 Å². The number of aryl methyl sites for hydroxylation is 1. The zero-order valence-electron chi connectivity index (χ0n) is 15.2. The van der Waals surface area contributed by atoms with E-state index < -0.39 is 17.5 Å². The first kappa shape index (κ1) is 19.0. The van der Waals surface area contributed by atoms with Crippen LogP contribution in [-0.2, 0) is 6.54 Å². The van der Waals surface area contributed by atoms with Crippen molar-refractivity contribution in [3.8, 4) is 0 Å². The van der Waals surface area contributed by atoms with Crippen molar-refractivity contribution in [2.24, 2.45) is 0 Å². The number of halogens is 3. The number of carbonyl (C=O) groups is 1. The Kier molecular flexibility index (Phi) is 4.72. The molecule has 1 aliphatic carbocycles. The molecule has 28 heavy (non-hydrogen) atoms. The minimum atomic E-state index is -0.699. The fourth-order valence-electron chi connectivity index (χ4n) is 3.01. The molecule has 3 aromatic rings. The summed E-state index contributed by atoms with van der Waals surface area (Å²) in [5, 5.41) is 3.83. The quantitative estimate of drug-likeness (QED) is 0.406. The van der Waals surface area contributed by atoms with Gasteiger partial charge in [0.25, 0.3) is 5.91 Å². The van der Waals surface area contributed by atoms with E-state index in [9.17, 15) is 13.6 Å². The summed E-state index contributed by atoms with van der Waals surface area (Å²) in [6, 6.07) is 3.62. The molecule has 0 unspecified atom stereocenters. The van der Waals surface area contributed by atoms with Crippen molar-refractivity contribution in [1.82, 2.24) is 13.1 Å². The number of amides is 1. The summed E-state index contributed by atoms with van der Waals surface area (Å²) in [6.45, 7) is 3.50. The highest BCUT2D eigenvalue weighted by Gasteiger charge is 2.38. The maximum Gasteiger partial charge on any atom is 0.267 e. The number of benzene rings is 1. The lowest BCUT2D eigenvalue weighted by Crippen LogP contribution is -2.23. The smallest absolute Gasteiger partial charge is 0.267 e. The molecule has 2 aromatic heterocycles. The molecule has 1 amide bonds. The lowest BCUT2D eigenvalue weighted by atomic mass is 10.1. The molecule has 1 N–H and O–H groups in total. The van der Waals surface area contributed by atoms with Crippen molar-refractivity contribution in [3.63, 3.8) is 0 Å². The standard InChI is InChI=1S/C19H17F2IN4O2/c1-10-14(18(27)26(22)8-11-12(20)4-3-5-13(11)21)15-16(25-19(2)6-7-19)23-9-24-17(15)28-10/h3-5,9H,6-8H2,1-2H3,(H,23,24,25). The fourth-order valence-corrected chi connectivity index (χ4v) is 3.59. The van der Waals surface area contributed by atoms with Crippen molar-refractivity contribution in [1.29, 1.82) is 0 Å². The van der Waals surface area contributed by atoms with E-state index in [0.717, 1.165) is 25.0 Å². The summed E-state index contributed by atoms with van der Waals surface area (Å²) >= 11 is 1.75. The molecule has 0 bridgehead atoms. The van der Waals surface area contributed by atoms with Crippen molar-refractivity contribution in [3.05, 3.63) is 53.0 Å². The lowest BCUT2D eigenvalue weighted by molar-refractivity contribution is 0.0882. The van der Waals surface area contributed by atoms with Crippen molar-refractivity contribution >= 4 is 45.7 Å². The summed E-state index contributed by atoms with van der Waals surface area (Å²) < 4.78 is 34.8. The summed E-state index contributed by atoms with van der Waals surface area (Å²) in [7, 11) is 0. The van der Waals surface area contributed by atoms with E-state index in [2.05, 4.69) is 22.2 Å². The molecule has 0 saturated heterocycles. The molecular weight excluding hydrogens is 481 g/mol. The maximum absolute atomic E-state index is 14.0. The maximum atomic E-state index is 14.0. The second kappa shape index (κ2) is 6.94. The van der Waals surface area contributed by atoms with Crippen LogP contribution in [0.15, 0.2) is 28.9 Å². The van der Waals surface area contributed by atoms with Gasteiger partial charge in [-0.15, -0.1) is 0 Å². The lowest BCUT2D eigenvalue weighted by Gasteiger charge is -2.17. The normalized spacial score (nSPS) is 14.9. The third-order valence-electron chi connectivity index (χ3n) is 4.88. The number of fused-ring (bicyclic) bond motifs is 1. The zero-order chi connectivity index (χ0) is 20.1. The van der Waals surface area contributed by atoms with Crippen LogP contribution in [-0.4, -0.2) is 24.5 Å². The number of nitrogens with one attached hydrogen (secondary N) is 1. The van der Waals surface area contributed by atoms with Gasteiger partial charge >= 0.3 is 0 Å². The van der Waals surface area contributed by atoms with Gasteiger partial charge in [0.05, 0.1) is 40.4 Å². The van der Waals surface area contributed by atoms with Gasteiger partial charge in [-0.05, 0) is 38.8 Å². The van der Waals surface area contributed by atoms with Gasteiger partial charge in [-0.1, -0.05) is 6.07 Å². The highest BCUT2D eigenvalue weighted by atomic mass is 127. The Morgan fingerprint density at radius 1 is 1.32 bits per heavy atom. The van der Waals surface area contributed by atoms with Crippen molar-refractivity contribution < 1.29 is 18.0 Å². The van der Waals surface area contributed by atoms with Crippen molar-refractivity contribution in [2.75, 3.05) is 5.32 Å². The summed E-state index contributed by atoms with van der Waals surface area (Å²) in [4.78, 5) is 21.5. The SMILES string of the molecule is Cc1oc2ncnc(NC3(C)CC3)c2c1C(=O)N(I)Cc1c(F)cccc1F. The molecule has 0 aliphatic heterocycles. The Hall–Kier alpha value is -2.30. The monoisotopic (exact) mass is 498 g/mol. The molecule has 1 aromatic carbocycles. The van der Waals surface area contributed by atoms with Crippen LogP contribution in [0.25, 0.3) is 11.1 Å². The number of aromatic nitrogens is 2. The molecule has 4 rings (SSSR count). The second-order valence-corrected chi connectivity index (χ2v) is 8.31. The van der Waals surface area contributed by atoms with E-state index in [1.165, 1.54) is 15.5 Å². The largest absolute Gasteiger partial charge is 0.442 e. The fraction of sp³-hybridized carbons (Fsp3) is 0.316. The van der Waals surface area contributed by atoms with Gasteiger partial charge in [0.15, 0.2) is 0 Å². The van der Waals surface area contributed by atoms with E-state index in [0.29, 0.717) is 22.7 Å². The Morgan fingerprint density at radius 2 is 2.00 bits per heavy atom. The highest BCUT2D eigenvalue weighted by Crippen LogP contribution is 2.40. The molecule has 0 spiro atoms. The van der Waals surface area contributed by atoms with E-state index >= 15 is 0 Å². The first-order chi connectivity index (χ1) is 13.3. The third-order valence-corrected chi connectivity index (χ3v) is 5.66. The number of anilines is 1. The van der Waals surface area contributed by atoms with Gasteiger partial charge in [-0.2, -0.15) is 0 Å². The molecule has 1 fully saturated rings. The topological polar surface area (TPSA) is 71.3 Å². The predicted molar refractivity (Wildman–Crippen MR) is 108 cm³/mol. The van der Waals surface area contributed by atoms with Gasteiger partial charge in [0.2, 0.25) is 5.71 Å². The third kappa shape index (κ3) is 3.43. The molecule has 146 valence electrons. The summed E-state index contributed by atoms with van der Waals surface area (Å²) in [5.74, 6) is -0.934. The van der Waals surface area contributed by atoms with Crippen LogP contribution in [0.1, 0.15) is 41.4 Å². The van der Waals surface area contributed by atoms with E-state index in [-0.39, 0.29) is 23.2 Å². The van der Waals surface area contributed by atoms with E-state index in [1.54, 1.807) is 29.8 Å². The van der Waals surface area contributed by atoms with Crippen LogP contribution >= 0.6 is 22.9 Å². The van der Waals surface area contributed by atoms with Crippen LogP contribution < -0.4 is 5.32 Å². The highest BCUT2D eigenvalue weighted by molar-refractivity contribution is 14.1. The Balaban J connectivity index is 1.71. The predicted octanol–water partition coefficient (Wildman–Crippen LogP) is 4.77. The number of carbonyl (C=O) groups excluding carboxylic acids is 1. The first-order valence-electron chi connectivity index (χ1n) is 8.72. The van der Waals surface area contributed by atoms with Crippen LogP contribution in [0.4, 0.5) is 14.6 Å². The van der Waals surface area contributed by atoms with Gasteiger partial charge in [-0.25, -0.2) is 18.7 Å². The number of hydrogen-bond donors (Lipinski definition) is 1. The molecule has 0 radical (unpaired) electrons. The minimum Gasteiger partial charge on any atom is -0.442 e. The van der Waals surface area contributed by atoms with Gasteiger partial charge in [-0.3, -0.25) is 7.91 Å². The molecule has 1 saturated carbocycles. The Morgan fingerprint density at radius 3 is 2.64 bits per heavy atom. The number of hydrogen-bond acceptors (Lipinski definition) is 5. The van der Waals surface area contributed by atoms with Crippen molar-refractivity contribution in [2.45, 2.75) is 38.8 Å². The zero-order valence-corrected chi connectivity index (χ0v) is 17.4. The number of nitrogens with zero attached hydrogens (tertiary/aromatic N) is 3. The average Bonchev–Trinajstić information content (AvgIpc) is 3.26. The van der Waals surface area contributed by atoms with E-state index in [4.69, 9.17) is 4.42 Å². The van der Waals surface area contributed by atoms with Crippen LogP contribution in [0, 0.1) is 18.6 Å². The number of furan rings is 1.